The van der Waals surface area contributed by atoms with Gasteiger partial charge in [-0.2, -0.15) is 0 Å². The fourth-order valence-corrected chi connectivity index (χ4v) is 1.55. The molecule has 0 heterocycles. The van der Waals surface area contributed by atoms with Crippen molar-refractivity contribution in [2.45, 2.75) is 13.0 Å². The summed E-state index contributed by atoms with van der Waals surface area (Å²) in [6.45, 7) is 5.35. The molecule has 4 heteroatoms. The number of hydrogen-bond acceptors (Lipinski definition) is 3. The molecular formula is C13H16FNO2. The van der Waals surface area contributed by atoms with E-state index in [2.05, 4.69) is 11.3 Å². The first-order valence-electron chi connectivity index (χ1n) is 5.24. The molecule has 1 aromatic carbocycles. The normalized spacial score (nSPS) is 11.8. The molecule has 0 spiro atoms. The maximum atomic E-state index is 13.1. The molecule has 1 aromatic rings. The summed E-state index contributed by atoms with van der Waals surface area (Å²) in [4.78, 5) is 13.2. The molecule has 0 aliphatic rings. The van der Waals surface area contributed by atoms with E-state index in [0.717, 1.165) is 5.69 Å². The number of likely N-dealkylation sites (N-methyl/N-ethyl adjacent to an activating group) is 1. The number of halogens is 1. The Bertz CT molecular complexity index is 431. The number of anilines is 1. The Morgan fingerprint density at radius 2 is 2.24 bits per heavy atom. The topological polar surface area (TPSA) is 29.5 Å². The van der Waals surface area contributed by atoms with Crippen molar-refractivity contribution in [3.63, 3.8) is 0 Å². The Morgan fingerprint density at radius 3 is 2.76 bits per heavy atom. The van der Waals surface area contributed by atoms with Crippen molar-refractivity contribution >= 4 is 17.7 Å². The lowest BCUT2D eigenvalue weighted by atomic mass is 10.1. The number of hydrogen-bond donors (Lipinski definition) is 0. The van der Waals surface area contributed by atoms with E-state index < -0.39 is 6.04 Å². The van der Waals surface area contributed by atoms with E-state index >= 15 is 0 Å². The molecule has 0 aliphatic carbocycles. The zero-order valence-electron chi connectivity index (χ0n) is 10.2. The van der Waals surface area contributed by atoms with Gasteiger partial charge in [-0.25, -0.2) is 9.18 Å². The molecule has 0 saturated heterocycles. The molecule has 92 valence electrons. The second kappa shape index (κ2) is 5.48. The van der Waals surface area contributed by atoms with Crippen LogP contribution >= 0.6 is 0 Å². The molecular weight excluding hydrogens is 221 g/mol. The number of esters is 1. The molecule has 3 nitrogen and oxygen atoms in total. The number of ether oxygens (including phenoxy) is 1. The standard InChI is InChI=1S/C13H16FNO2/c1-5-10-8-11(14)6-7-12(10)15(3)9(2)13(16)17-4/h5-9H,1H2,2-4H3. The Morgan fingerprint density at radius 1 is 1.59 bits per heavy atom. The molecule has 1 rings (SSSR count). The number of benzene rings is 1. The maximum absolute atomic E-state index is 13.1. The highest BCUT2D eigenvalue weighted by molar-refractivity contribution is 5.81. The van der Waals surface area contributed by atoms with Crippen LogP contribution in [0.25, 0.3) is 6.08 Å². The summed E-state index contributed by atoms with van der Waals surface area (Å²) in [7, 11) is 3.09. The fourth-order valence-electron chi connectivity index (χ4n) is 1.55. The molecule has 1 unspecified atom stereocenters. The van der Waals surface area contributed by atoms with Crippen molar-refractivity contribution in [1.29, 1.82) is 0 Å². The summed E-state index contributed by atoms with van der Waals surface area (Å²) in [5.74, 6) is -0.672. The predicted octanol–water partition coefficient (Wildman–Crippen LogP) is 2.47. The van der Waals surface area contributed by atoms with Crippen molar-refractivity contribution in [2.24, 2.45) is 0 Å². The van der Waals surface area contributed by atoms with Crippen LogP contribution in [0.5, 0.6) is 0 Å². The van der Waals surface area contributed by atoms with Gasteiger partial charge in [0.25, 0.3) is 0 Å². The minimum absolute atomic E-state index is 0.331. The van der Waals surface area contributed by atoms with E-state index in [1.165, 1.54) is 19.2 Å². The number of rotatable bonds is 4. The van der Waals surface area contributed by atoms with E-state index in [1.54, 1.807) is 31.0 Å². The van der Waals surface area contributed by atoms with E-state index in [0.29, 0.717) is 5.56 Å². The third-order valence-corrected chi connectivity index (χ3v) is 2.71. The quantitative estimate of drug-likeness (QED) is 0.753. The minimum Gasteiger partial charge on any atom is -0.467 e. The summed E-state index contributed by atoms with van der Waals surface area (Å²) in [5.41, 5.74) is 1.38. The number of carbonyl (C=O) groups is 1. The van der Waals surface area contributed by atoms with Gasteiger partial charge in [0.05, 0.1) is 7.11 Å². The fraction of sp³-hybridized carbons (Fsp3) is 0.308. The summed E-state index contributed by atoms with van der Waals surface area (Å²) in [5, 5.41) is 0. The highest BCUT2D eigenvalue weighted by Crippen LogP contribution is 2.23. The van der Waals surface area contributed by atoms with Crippen molar-refractivity contribution < 1.29 is 13.9 Å². The first-order valence-corrected chi connectivity index (χ1v) is 5.24. The molecule has 0 radical (unpaired) electrons. The Balaban J connectivity index is 3.07. The van der Waals surface area contributed by atoms with Crippen LogP contribution in [-0.2, 0) is 9.53 Å². The molecule has 0 aromatic heterocycles. The van der Waals surface area contributed by atoms with Crippen LogP contribution < -0.4 is 4.90 Å². The number of carbonyl (C=O) groups excluding carboxylic acids is 1. The SMILES string of the molecule is C=Cc1cc(F)ccc1N(C)C(C)C(=O)OC. The van der Waals surface area contributed by atoms with Gasteiger partial charge in [-0.15, -0.1) is 0 Å². The Kier molecular flexibility index (Phi) is 4.26. The summed E-state index contributed by atoms with van der Waals surface area (Å²) in [6.07, 6.45) is 1.55. The van der Waals surface area contributed by atoms with Gasteiger partial charge in [-0.3, -0.25) is 0 Å². The first kappa shape index (κ1) is 13.2. The van der Waals surface area contributed by atoms with E-state index in [9.17, 15) is 9.18 Å². The minimum atomic E-state index is -0.441. The molecule has 0 fully saturated rings. The average molecular weight is 237 g/mol. The van der Waals surface area contributed by atoms with E-state index in [-0.39, 0.29) is 11.8 Å². The largest absolute Gasteiger partial charge is 0.467 e. The average Bonchev–Trinajstić information content (AvgIpc) is 2.35. The number of methoxy groups -OCH3 is 1. The highest BCUT2D eigenvalue weighted by atomic mass is 19.1. The van der Waals surface area contributed by atoms with Crippen LogP contribution in [0.2, 0.25) is 0 Å². The van der Waals surface area contributed by atoms with Crippen molar-refractivity contribution in [1.82, 2.24) is 0 Å². The van der Waals surface area contributed by atoms with Gasteiger partial charge in [-0.05, 0) is 25.1 Å². The van der Waals surface area contributed by atoms with Gasteiger partial charge in [-0.1, -0.05) is 12.7 Å². The Labute approximate surface area is 100 Å². The summed E-state index contributed by atoms with van der Waals surface area (Å²) < 4.78 is 17.7. The molecule has 0 amide bonds. The van der Waals surface area contributed by atoms with Crippen LogP contribution in [0.1, 0.15) is 12.5 Å². The van der Waals surface area contributed by atoms with Crippen LogP contribution in [0.3, 0.4) is 0 Å². The van der Waals surface area contributed by atoms with Crippen molar-refractivity contribution in [3.8, 4) is 0 Å². The Hall–Kier alpha value is -1.84. The zero-order chi connectivity index (χ0) is 13.0. The molecule has 0 saturated carbocycles. The lowest BCUT2D eigenvalue weighted by molar-refractivity contribution is -0.141. The van der Waals surface area contributed by atoms with Crippen molar-refractivity contribution in [2.75, 3.05) is 19.1 Å². The van der Waals surface area contributed by atoms with E-state index in [4.69, 9.17) is 0 Å². The van der Waals surface area contributed by atoms with Gasteiger partial charge in [0, 0.05) is 18.3 Å². The monoisotopic (exact) mass is 237 g/mol. The molecule has 1 atom stereocenters. The number of nitrogens with zero attached hydrogens (tertiary/aromatic N) is 1. The van der Waals surface area contributed by atoms with Gasteiger partial charge in [0.15, 0.2) is 0 Å². The highest BCUT2D eigenvalue weighted by Gasteiger charge is 2.20. The second-order valence-corrected chi connectivity index (χ2v) is 3.72. The van der Waals surface area contributed by atoms with E-state index in [1.807, 2.05) is 0 Å². The lowest BCUT2D eigenvalue weighted by Crippen LogP contribution is -2.37. The van der Waals surface area contributed by atoms with Crippen molar-refractivity contribution in [3.05, 3.63) is 36.2 Å². The molecule has 17 heavy (non-hydrogen) atoms. The third kappa shape index (κ3) is 2.84. The predicted molar refractivity (Wildman–Crippen MR) is 66.4 cm³/mol. The summed E-state index contributed by atoms with van der Waals surface area (Å²) >= 11 is 0. The van der Waals surface area contributed by atoms with Crippen LogP contribution in [-0.4, -0.2) is 26.2 Å². The van der Waals surface area contributed by atoms with Gasteiger partial charge < -0.3 is 9.64 Å². The second-order valence-electron chi connectivity index (χ2n) is 3.72. The van der Waals surface area contributed by atoms with Crippen LogP contribution in [0.15, 0.2) is 24.8 Å². The molecule has 0 aliphatic heterocycles. The smallest absolute Gasteiger partial charge is 0.328 e. The third-order valence-electron chi connectivity index (χ3n) is 2.71. The van der Waals surface area contributed by atoms with Gasteiger partial charge in [0.2, 0.25) is 0 Å². The van der Waals surface area contributed by atoms with Gasteiger partial charge >= 0.3 is 5.97 Å². The molecule has 0 N–H and O–H groups in total. The lowest BCUT2D eigenvalue weighted by Gasteiger charge is -2.26. The van der Waals surface area contributed by atoms with Crippen LogP contribution in [0.4, 0.5) is 10.1 Å². The first-order chi connectivity index (χ1) is 8.01. The maximum Gasteiger partial charge on any atom is 0.328 e. The summed E-state index contributed by atoms with van der Waals surface area (Å²) in [6, 6.07) is 3.90. The molecule has 0 bridgehead atoms. The van der Waals surface area contributed by atoms with Crippen LogP contribution in [0, 0.1) is 5.82 Å². The zero-order valence-corrected chi connectivity index (χ0v) is 10.2. The van der Waals surface area contributed by atoms with Gasteiger partial charge in [0.1, 0.15) is 11.9 Å².